The highest BCUT2D eigenvalue weighted by atomic mass is 32.2. The van der Waals surface area contributed by atoms with Crippen LogP contribution in [0.5, 0.6) is 0 Å². The van der Waals surface area contributed by atoms with Gasteiger partial charge in [0.15, 0.2) is 0 Å². The molecule has 1 aliphatic heterocycles. The van der Waals surface area contributed by atoms with Gasteiger partial charge in [0.25, 0.3) is 0 Å². The standard InChI is InChI=1S/C7H13NO7S/c9-1-2-4(10)6(12)5(11)3-7(2)15-16(13,14)8-3/h2-12H,1H2/t2-,3-,4-,5-,6+,7-/m1/s1. The molecule has 0 radical (unpaired) electrons. The molecule has 0 spiro atoms. The van der Waals surface area contributed by atoms with Crippen LogP contribution in [0.4, 0.5) is 0 Å². The predicted octanol–water partition coefficient (Wildman–Crippen LogP) is -3.71. The smallest absolute Gasteiger partial charge is 0.336 e. The molecule has 0 aromatic heterocycles. The van der Waals surface area contributed by atoms with Crippen LogP contribution in [0.1, 0.15) is 0 Å². The Morgan fingerprint density at radius 1 is 1.12 bits per heavy atom. The number of aliphatic hydroxyl groups excluding tert-OH is 4. The molecule has 0 amide bonds. The van der Waals surface area contributed by atoms with Gasteiger partial charge in [-0.25, -0.2) is 0 Å². The first-order chi connectivity index (χ1) is 7.37. The van der Waals surface area contributed by atoms with E-state index in [9.17, 15) is 23.7 Å². The lowest BCUT2D eigenvalue weighted by molar-refractivity contribution is -0.155. The van der Waals surface area contributed by atoms with E-state index in [0.717, 1.165) is 0 Å². The van der Waals surface area contributed by atoms with Crippen molar-refractivity contribution in [2.24, 2.45) is 5.92 Å². The highest BCUT2D eigenvalue weighted by molar-refractivity contribution is 7.85. The van der Waals surface area contributed by atoms with Crippen LogP contribution in [0.25, 0.3) is 0 Å². The van der Waals surface area contributed by atoms with Crippen molar-refractivity contribution in [1.29, 1.82) is 0 Å². The number of aliphatic hydroxyl groups is 4. The van der Waals surface area contributed by atoms with Gasteiger partial charge in [-0.05, 0) is 0 Å². The van der Waals surface area contributed by atoms with Crippen molar-refractivity contribution in [3.63, 3.8) is 0 Å². The first-order valence-corrected chi connectivity index (χ1v) is 6.14. The molecule has 2 rings (SSSR count). The molecule has 6 atom stereocenters. The van der Waals surface area contributed by atoms with Gasteiger partial charge in [0.05, 0.1) is 18.8 Å². The summed E-state index contributed by atoms with van der Waals surface area (Å²) < 4.78 is 28.9. The molecule has 2 fully saturated rings. The molecule has 0 aromatic rings. The highest BCUT2D eigenvalue weighted by Crippen LogP contribution is 2.33. The summed E-state index contributed by atoms with van der Waals surface area (Å²) in [6, 6.07) is -1.06. The molecular formula is C7H13NO7S. The molecule has 1 saturated heterocycles. The highest BCUT2D eigenvalue weighted by Gasteiger charge is 2.55. The van der Waals surface area contributed by atoms with E-state index in [1.807, 2.05) is 4.72 Å². The topological polar surface area (TPSA) is 136 Å². The normalized spacial score (nSPS) is 51.2. The molecule has 16 heavy (non-hydrogen) atoms. The molecule has 8 nitrogen and oxygen atoms in total. The minimum absolute atomic E-state index is 0.552. The van der Waals surface area contributed by atoms with Crippen molar-refractivity contribution in [3.05, 3.63) is 0 Å². The van der Waals surface area contributed by atoms with E-state index in [0.29, 0.717) is 0 Å². The minimum Gasteiger partial charge on any atom is -0.396 e. The maximum atomic E-state index is 11.1. The molecule has 2 aliphatic rings. The summed E-state index contributed by atoms with van der Waals surface area (Å²) in [6.45, 7) is -0.552. The molecular weight excluding hydrogens is 242 g/mol. The minimum atomic E-state index is -3.99. The van der Waals surface area contributed by atoms with E-state index in [1.165, 1.54) is 0 Å². The Kier molecular flexibility index (Phi) is 2.95. The average Bonchev–Trinajstić information content (AvgIpc) is 2.52. The van der Waals surface area contributed by atoms with Gasteiger partial charge in [-0.1, -0.05) is 0 Å². The Morgan fingerprint density at radius 2 is 1.75 bits per heavy atom. The van der Waals surface area contributed by atoms with E-state index in [2.05, 4.69) is 4.18 Å². The van der Waals surface area contributed by atoms with E-state index < -0.39 is 53.3 Å². The molecule has 0 aromatic carbocycles. The first kappa shape index (κ1) is 12.2. The Balaban J connectivity index is 2.32. The lowest BCUT2D eigenvalue weighted by Gasteiger charge is -2.40. The molecule has 5 N–H and O–H groups in total. The van der Waals surface area contributed by atoms with Gasteiger partial charge in [0, 0.05) is 5.92 Å². The maximum absolute atomic E-state index is 11.1. The Bertz CT molecular complexity index is 371. The second kappa shape index (κ2) is 3.88. The maximum Gasteiger partial charge on any atom is 0.336 e. The predicted molar refractivity (Wildman–Crippen MR) is 49.3 cm³/mol. The SMILES string of the molecule is O=S1(=O)N[C@@H]2[C@@H](O)[C@@H](O)[C@H](O)[C@@H](CO)[C@H]2O1. The second-order valence-electron chi connectivity index (χ2n) is 3.98. The zero-order valence-corrected chi connectivity index (χ0v) is 8.91. The van der Waals surface area contributed by atoms with Crippen LogP contribution in [0.15, 0.2) is 0 Å². The van der Waals surface area contributed by atoms with Crippen molar-refractivity contribution < 1.29 is 33.0 Å². The van der Waals surface area contributed by atoms with Crippen molar-refractivity contribution in [1.82, 2.24) is 4.72 Å². The summed E-state index contributed by atoms with van der Waals surface area (Å²) in [5.41, 5.74) is 0. The molecule has 0 unspecified atom stereocenters. The van der Waals surface area contributed by atoms with Gasteiger partial charge in [0.2, 0.25) is 0 Å². The van der Waals surface area contributed by atoms with Gasteiger partial charge in [0.1, 0.15) is 18.3 Å². The number of nitrogens with one attached hydrogen (secondary N) is 1. The summed E-state index contributed by atoms with van der Waals surface area (Å²) in [7, 11) is -3.99. The monoisotopic (exact) mass is 255 g/mol. The van der Waals surface area contributed by atoms with Crippen LogP contribution in [0, 0.1) is 5.92 Å². The van der Waals surface area contributed by atoms with Crippen LogP contribution >= 0.6 is 0 Å². The third-order valence-electron chi connectivity index (χ3n) is 3.01. The van der Waals surface area contributed by atoms with Crippen molar-refractivity contribution >= 4 is 10.3 Å². The summed E-state index contributed by atoms with van der Waals surface area (Å²) >= 11 is 0. The summed E-state index contributed by atoms with van der Waals surface area (Å²) in [5, 5.41) is 37.6. The largest absolute Gasteiger partial charge is 0.396 e. The van der Waals surface area contributed by atoms with Gasteiger partial charge in [-0.15, -0.1) is 0 Å². The van der Waals surface area contributed by atoms with Gasteiger partial charge >= 0.3 is 10.3 Å². The van der Waals surface area contributed by atoms with Gasteiger partial charge in [-0.2, -0.15) is 13.1 Å². The third kappa shape index (κ3) is 1.74. The molecule has 1 saturated carbocycles. The summed E-state index contributed by atoms with van der Waals surface area (Å²) in [4.78, 5) is 0. The van der Waals surface area contributed by atoms with Crippen LogP contribution in [0.3, 0.4) is 0 Å². The average molecular weight is 255 g/mol. The fraction of sp³-hybridized carbons (Fsp3) is 1.00. The van der Waals surface area contributed by atoms with E-state index in [1.54, 1.807) is 0 Å². The summed E-state index contributed by atoms with van der Waals surface area (Å²) in [6.07, 6.45) is -5.51. The number of fused-ring (bicyclic) bond motifs is 1. The van der Waals surface area contributed by atoms with Crippen LogP contribution in [0.2, 0.25) is 0 Å². The zero-order chi connectivity index (χ0) is 12.1. The second-order valence-corrected chi connectivity index (χ2v) is 5.31. The quantitative estimate of drug-likeness (QED) is 0.325. The van der Waals surface area contributed by atoms with E-state index in [4.69, 9.17) is 5.11 Å². The Hall–Kier alpha value is -0.290. The molecule has 1 heterocycles. The van der Waals surface area contributed by atoms with Crippen LogP contribution in [-0.4, -0.2) is 65.9 Å². The zero-order valence-electron chi connectivity index (χ0n) is 8.09. The fourth-order valence-electron chi connectivity index (χ4n) is 2.14. The number of hydrogen-bond donors (Lipinski definition) is 5. The molecule has 94 valence electrons. The lowest BCUT2D eigenvalue weighted by Crippen LogP contribution is -2.63. The number of rotatable bonds is 1. The lowest BCUT2D eigenvalue weighted by atomic mass is 9.78. The first-order valence-electron chi connectivity index (χ1n) is 4.73. The van der Waals surface area contributed by atoms with E-state index in [-0.39, 0.29) is 0 Å². The van der Waals surface area contributed by atoms with Crippen LogP contribution < -0.4 is 4.72 Å². The third-order valence-corrected chi connectivity index (χ3v) is 4.05. The van der Waals surface area contributed by atoms with Crippen molar-refractivity contribution in [2.75, 3.05) is 6.61 Å². The van der Waals surface area contributed by atoms with Gasteiger partial charge in [-0.3, -0.25) is 4.18 Å². The summed E-state index contributed by atoms with van der Waals surface area (Å²) in [5.74, 6) is -0.965. The van der Waals surface area contributed by atoms with Crippen molar-refractivity contribution in [2.45, 2.75) is 30.5 Å². The fourth-order valence-corrected chi connectivity index (χ4v) is 3.36. The van der Waals surface area contributed by atoms with E-state index >= 15 is 0 Å². The Labute approximate surface area is 91.7 Å². The molecule has 9 heteroatoms. The van der Waals surface area contributed by atoms with Gasteiger partial charge < -0.3 is 20.4 Å². The Morgan fingerprint density at radius 3 is 2.31 bits per heavy atom. The molecule has 1 aliphatic carbocycles. The van der Waals surface area contributed by atoms with Crippen molar-refractivity contribution in [3.8, 4) is 0 Å². The molecule has 0 bridgehead atoms. The number of hydrogen-bond acceptors (Lipinski definition) is 7. The van der Waals surface area contributed by atoms with Crippen LogP contribution in [-0.2, 0) is 14.5 Å².